The Morgan fingerprint density at radius 1 is 0.892 bits per heavy atom. The Hall–Kier alpha value is -2.66. The monoisotopic (exact) mass is 516 g/mol. The highest BCUT2D eigenvalue weighted by Crippen LogP contribution is 2.38. The van der Waals surface area contributed by atoms with Crippen molar-refractivity contribution in [3.05, 3.63) is 102 Å². The zero-order valence-corrected chi connectivity index (χ0v) is 24.7. The molecule has 0 bridgehead atoms. The fraction of sp³-hybridized carbons (Fsp3) is 0.394. The van der Waals surface area contributed by atoms with Gasteiger partial charge in [-0.3, -0.25) is 0 Å². The molecule has 0 unspecified atom stereocenters. The highest BCUT2D eigenvalue weighted by atomic mass is 28.4. The minimum atomic E-state index is -2.56. The molecule has 0 heterocycles. The van der Waals surface area contributed by atoms with E-state index in [9.17, 15) is 0 Å². The molecule has 0 saturated heterocycles. The van der Waals surface area contributed by atoms with Crippen molar-refractivity contribution in [2.24, 2.45) is 0 Å². The Morgan fingerprint density at radius 2 is 1.49 bits per heavy atom. The average molecular weight is 517 g/mol. The largest absolute Gasteiger partial charge is 0.467 e. The van der Waals surface area contributed by atoms with Crippen molar-refractivity contribution in [3.63, 3.8) is 0 Å². The van der Waals surface area contributed by atoms with Crippen LogP contribution in [0, 0.1) is 6.92 Å². The lowest BCUT2D eigenvalue weighted by Crippen LogP contribution is -2.66. The molecule has 0 N–H and O–H groups in total. The quantitative estimate of drug-likeness (QED) is 0.143. The van der Waals surface area contributed by atoms with Crippen LogP contribution in [0.15, 0.2) is 90.5 Å². The highest BCUT2D eigenvalue weighted by molar-refractivity contribution is 6.99. The summed E-state index contributed by atoms with van der Waals surface area (Å²) in [5.41, 5.74) is 3.73. The lowest BCUT2D eigenvalue weighted by Gasteiger charge is -2.43. The maximum absolute atomic E-state index is 7.21. The van der Waals surface area contributed by atoms with E-state index in [0.29, 0.717) is 12.5 Å². The predicted molar refractivity (Wildman–Crippen MR) is 159 cm³/mol. The molecule has 0 aromatic heterocycles. The smallest absolute Gasteiger partial charge is 0.261 e. The minimum absolute atomic E-state index is 0.0316. The standard InChI is InChI=1S/C33H44O3Si/c1-26(2)18-20-28(29-21-19-27(3)32(24-29)35-25-34-7)22-23-36-37(33(4,5)6,30-14-10-8-11-15-30)31-16-12-9-13-17-31/h8-19,21,24,28H,20,22-23,25H2,1-7H3/t28-/m1/s1. The van der Waals surface area contributed by atoms with E-state index in [-0.39, 0.29) is 11.8 Å². The average Bonchev–Trinajstić information content (AvgIpc) is 2.88. The van der Waals surface area contributed by atoms with E-state index in [1.165, 1.54) is 21.5 Å². The van der Waals surface area contributed by atoms with Crippen LogP contribution in [0.25, 0.3) is 0 Å². The van der Waals surface area contributed by atoms with Crippen molar-refractivity contribution in [2.75, 3.05) is 20.5 Å². The first-order chi connectivity index (χ1) is 17.7. The molecule has 3 nitrogen and oxygen atoms in total. The number of allylic oxidation sites excluding steroid dienone is 2. The molecule has 3 rings (SSSR count). The molecule has 0 radical (unpaired) electrons. The van der Waals surface area contributed by atoms with Crippen molar-refractivity contribution in [2.45, 2.75) is 65.3 Å². The molecule has 0 spiro atoms. The molecule has 1 atom stereocenters. The van der Waals surface area contributed by atoms with Crippen molar-refractivity contribution >= 4 is 18.7 Å². The van der Waals surface area contributed by atoms with E-state index < -0.39 is 8.32 Å². The molecule has 0 fully saturated rings. The van der Waals surface area contributed by atoms with E-state index in [4.69, 9.17) is 13.9 Å². The van der Waals surface area contributed by atoms with Crippen molar-refractivity contribution in [1.29, 1.82) is 0 Å². The third-order valence-corrected chi connectivity index (χ3v) is 12.1. The number of aryl methyl sites for hydroxylation is 1. The molecule has 3 aromatic carbocycles. The molecule has 0 aliphatic heterocycles. The lowest BCUT2D eigenvalue weighted by atomic mass is 9.91. The summed E-state index contributed by atoms with van der Waals surface area (Å²) in [5, 5.41) is 2.61. The summed E-state index contributed by atoms with van der Waals surface area (Å²) >= 11 is 0. The van der Waals surface area contributed by atoms with E-state index >= 15 is 0 Å². The molecule has 0 aliphatic rings. The van der Waals surface area contributed by atoms with Gasteiger partial charge in [-0.15, -0.1) is 0 Å². The number of methoxy groups -OCH3 is 1. The second-order valence-corrected chi connectivity index (χ2v) is 15.4. The fourth-order valence-corrected chi connectivity index (χ4v) is 9.64. The van der Waals surface area contributed by atoms with Crippen molar-refractivity contribution in [3.8, 4) is 5.75 Å². The van der Waals surface area contributed by atoms with Gasteiger partial charge in [-0.05, 0) is 72.1 Å². The Bertz CT molecular complexity index is 1090. The molecular weight excluding hydrogens is 472 g/mol. The maximum Gasteiger partial charge on any atom is 0.261 e. The second kappa shape index (κ2) is 13.2. The number of benzene rings is 3. The normalized spacial score (nSPS) is 12.7. The van der Waals surface area contributed by atoms with Gasteiger partial charge in [-0.25, -0.2) is 0 Å². The zero-order valence-electron chi connectivity index (χ0n) is 23.7. The number of ether oxygens (including phenoxy) is 2. The van der Waals surface area contributed by atoms with E-state index in [0.717, 1.165) is 24.2 Å². The van der Waals surface area contributed by atoms with Crippen LogP contribution in [0.3, 0.4) is 0 Å². The summed E-state index contributed by atoms with van der Waals surface area (Å²) in [6, 6.07) is 28.3. The van der Waals surface area contributed by atoms with Crippen molar-refractivity contribution < 1.29 is 13.9 Å². The van der Waals surface area contributed by atoms with Gasteiger partial charge in [0.15, 0.2) is 6.79 Å². The molecule has 198 valence electrons. The van der Waals surface area contributed by atoms with Crippen molar-refractivity contribution in [1.82, 2.24) is 0 Å². The molecule has 0 saturated carbocycles. The summed E-state index contributed by atoms with van der Waals surface area (Å²) in [4.78, 5) is 0. The molecule has 3 aromatic rings. The zero-order chi connectivity index (χ0) is 26.9. The molecule has 4 heteroatoms. The Labute approximate surface area is 225 Å². The van der Waals surface area contributed by atoms with Crippen LogP contribution in [0.5, 0.6) is 5.75 Å². The van der Waals surface area contributed by atoms with Gasteiger partial charge in [0.1, 0.15) is 5.75 Å². The van der Waals surface area contributed by atoms with Gasteiger partial charge in [0, 0.05) is 13.7 Å². The van der Waals surface area contributed by atoms with Gasteiger partial charge < -0.3 is 13.9 Å². The summed E-state index contributed by atoms with van der Waals surface area (Å²) in [7, 11) is -0.904. The van der Waals surface area contributed by atoms with Gasteiger partial charge in [-0.1, -0.05) is 105 Å². The van der Waals surface area contributed by atoms with Gasteiger partial charge >= 0.3 is 0 Å². The first kappa shape index (κ1) is 28.9. The van der Waals surface area contributed by atoms with E-state index in [1.54, 1.807) is 7.11 Å². The van der Waals surface area contributed by atoms with Crippen LogP contribution in [0.1, 0.15) is 64.5 Å². The molecular formula is C33H44O3Si. The Kier molecular flexibility index (Phi) is 10.3. The maximum atomic E-state index is 7.21. The summed E-state index contributed by atoms with van der Waals surface area (Å²) in [6.45, 7) is 14.3. The first-order valence-corrected chi connectivity index (χ1v) is 15.2. The summed E-state index contributed by atoms with van der Waals surface area (Å²) in [5.74, 6) is 1.22. The minimum Gasteiger partial charge on any atom is -0.467 e. The third kappa shape index (κ3) is 7.22. The van der Waals surface area contributed by atoms with Gasteiger partial charge in [0.25, 0.3) is 8.32 Å². The summed E-state index contributed by atoms with van der Waals surface area (Å²) in [6.07, 6.45) is 4.24. The van der Waals surface area contributed by atoms with Crippen LogP contribution in [0.2, 0.25) is 5.04 Å². The number of hydrogen-bond acceptors (Lipinski definition) is 3. The SMILES string of the molecule is COCOc1cc([C@H](CC=C(C)C)CCO[Si](c2ccccc2)(c2ccccc2)C(C)(C)C)ccc1C. The topological polar surface area (TPSA) is 27.7 Å². The second-order valence-electron chi connectivity index (χ2n) is 11.1. The highest BCUT2D eigenvalue weighted by Gasteiger charge is 2.50. The van der Waals surface area contributed by atoms with Crippen LogP contribution in [0.4, 0.5) is 0 Å². The van der Waals surface area contributed by atoms with E-state index in [2.05, 4.69) is 126 Å². The lowest BCUT2D eigenvalue weighted by molar-refractivity contribution is 0.0505. The van der Waals surface area contributed by atoms with Crippen LogP contribution in [-0.2, 0) is 9.16 Å². The van der Waals surface area contributed by atoms with Crippen LogP contribution >= 0.6 is 0 Å². The third-order valence-electron chi connectivity index (χ3n) is 7.03. The number of rotatable bonds is 12. The molecule has 37 heavy (non-hydrogen) atoms. The number of hydrogen-bond donors (Lipinski definition) is 0. The van der Waals surface area contributed by atoms with Gasteiger partial charge in [-0.2, -0.15) is 0 Å². The van der Waals surface area contributed by atoms with Crippen LogP contribution in [-0.4, -0.2) is 28.8 Å². The Morgan fingerprint density at radius 3 is 2.00 bits per heavy atom. The fourth-order valence-electron chi connectivity index (χ4n) is 5.06. The molecule has 0 aliphatic carbocycles. The van der Waals surface area contributed by atoms with E-state index in [1.807, 2.05) is 0 Å². The predicted octanol–water partition coefficient (Wildman–Crippen LogP) is 7.38. The van der Waals surface area contributed by atoms with Gasteiger partial charge in [0.05, 0.1) is 0 Å². The van der Waals surface area contributed by atoms with Gasteiger partial charge in [0.2, 0.25) is 0 Å². The first-order valence-electron chi connectivity index (χ1n) is 13.3. The molecule has 0 amide bonds. The summed E-state index contributed by atoms with van der Waals surface area (Å²) < 4.78 is 18.2. The Balaban J connectivity index is 1.95. The van der Waals surface area contributed by atoms with Crippen LogP contribution < -0.4 is 15.1 Å².